The van der Waals surface area contributed by atoms with Gasteiger partial charge in [0, 0.05) is 0 Å². The third-order valence-corrected chi connectivity index (χ3v) is 8.30. The van der Waals surface area contributed by atoms with Crippen molar-refractivity contribution in [1.29, 1.82) is 0 Å². The summed E-state index contributed by atoms with van der Waals surface area (Å²) in [6, 6.07) is 0. The van der Waals surface area contributed by atoms with Gasteiger partial charge in [-0.3, -0.25) is 0 Å². The van der Waals surface area contributed by atoms with E-state index in [4.69, 9.17) is 0 Å². The summed E-state index contributed by atoms with van der Waals surface area (Å²) in [7, 11) is 0. The first-order valence-corrected chi connectivity index (χ1v) is 9.33. The molecular formula is C20H32O. The first-order chi connectivity index (χ1) is 9.95. The van der Waals surface area contributed by atoms with E-state index in [0.717, 1.165) is 30.1 Å². The highest BCUT2D eigenvalue weighted by molar-refractivity contribution is 5.25. The molecule has 4 rings (SSSR count). The quantitative estimate of drug-likeness (QED) is 0.626. The van der Waals surface area contributed by atoms with E-state index in [1.54, 1.807) is 5.57 Å². The number of aliphatic hydroxyl groups is 1. The molecule has 0 bridgehead atoms. The van der Waals surface area contributed by atoms with Crippen molar-refractivity contribution in [3.8, 4) is 0 Å². The average Bonchev–Trinajstić information content (AvgIpc) is 2.76. The summed E-state index contributed by atoms with van der Waals surface area (Å²) in [4.78, 5) is 0. The van der Waals surface area contributed by atoms with E-state index in [0.29, 0.717) is 5.41 Å². The molecule has 0 spiro atoms. The van der Waals surface area contributed by atoms with Crippen molar-refractivity contribution in [3.63, 3.8) is 0 Å². The summed E-state index contributed by atoms with van der Waals surface area (Å²) in [5.74, 6) is 3.42. The molecule has 0 aromatic carbocycles. The molecule has 0 amide bonds. The molecule has 21 heavy (non-hydrogen) atoms. The Labute approximate surface area is 130 Å². The van der Waals surface area contributed by atoms with E-state index >= 15 is 0 Å². The molecule has 0 aromatic rings. The third-order valence-electron chi connectivity index (χ3n) is 8.30. The molecule has 0 saturated heterocycles. The normalized spacial score (nSPS) is 56.2. The van der Waals surface area contributed by atoms with Crippen LogP contribution in [0.1, 0.15) is 72.1 Å². The molecule has 7 atom stereocenters. The SMILES string of the molecule is CC1CC[C@@]2(C)C(=CC[C@H]3[C@@H]4CC[C@H](O)[C@@]4(C)CC[C@@H]32)C1. The predicted octanol–water partition coefficient (Wildman–Crippen LogP) is 4.95. The van der Waals surface area contributed by atoms with Crippen LogP contribution in [0.5, 0.6) is 0 Å². The number of allylic oxidation sites excluding steroid dienone is 2. The maximum Gasteiger partial charge on any atom is 0.0596 e. The van der Waals surface area contributed by atoms with E-state index < -0.39 is 0 Å². The summed E-state index contributed by atoms with van der Waals surface area (Å²) in [5.41, 5.74) is 2.51. The van der Waals surface area contributed by atoms with Crippen LogP contribution in [0, 0.1) is 34.5 Å². The van der Waals surface area contributed by atoms with E-state index in [1.165, 1.54) is 44.9 Å². The van der Waals surface area contributed by atoms with Crippen molar-refractivity contribution in [1.82, 2.24) is 0 Å². The van der Waals surface area contributed by atoms with Gasteiger partial charge in [0.05, 0.1) is 6.10 Å². The van der Waals surface area contributed by atoms with Crippen LogP contribution in [0.4, 0.5) is 0 Å². The Balaban J connectivity index is 1.68. The van der Waals surface area contributed by atoms with Crippen LogP contribution >= 0.6 is 0 Å². The van der Waals surface area contributed by atoms with Crippen LogP contribution in [-0.4, -0.2) is 11.2 Å². The standard InChI is InChI=1S/C20H32O/c1-13-8-10-19(2)14(12-13)4-5-15-16-6-7-18(21)20(16,3)11-9-17(15)19/h4,13,15-18,21H,5-12H2,1-3H3/t13?,15-,16-,17-,18-,19-,20-/m0/s1. The molecule has 0 aliphatic heterocycles. The lowest BCUT2D eigenvalue weighted by atomic mass is 9.47. The van der Waals surface area contributed by atoms with Gasteiger partial charge in [-0.05, 0) is 85.9 Å². The number of hydrogen-bond donors (Lipinski definition) is 1. The van der Waals surface area contributed by atoms with Crippen molar-refractivity contribution in [2.45, 2.75) is 78.2 Å². The van der Waals surface area contributed by atoms with E-state index in [2.05, 4.69) is 26.8 Å². The van der Waals surface area contributed by atoms with Crippen LogP contribution in [0.15, 0.2) is 11.6 Å². The van der Waals surface area contributed by atoms with Crippen molar-refractivity contribution in [2.24, 2.45) is 34.5 Å². The highest BCUT2D eigenvalue weighted by Crippen LogP contribution is 2.65. The molecule has 1 unspecified atom stereocenters. The van der Waals surface area contributed by atoms with Crippen molar-refractivity contribution in [2.75, 3.05) is 0 Å². The highest BCUT2D eigenvalue weighted by atomic mass is 16.3. The number of aliphatic hydroxyl groups excluding tert-OH is 1. The Bertz CT molecular complexity index is 466. The average molecular weight is 288 g/mol. The van der Waals surface area contributed by atoms with Gasteiger partial charge in [0.1, 0.15) is 0 Å². The smallest absolute Gasteiger partial charge is 0.0596 e. The number of rotatable bonds is 0. The van der Waals surface area contributed by atoms with Gasteiger partial charge in [0.15, 0.2) is 0 Å². The van der Waals surface area contributed by atoms with Gasteiger partial charge < -0.3 is 5.11 Å². The summed E-state index contributed by atoms with van der Waals surface area (Å²) in [6.07, 6.45) is 13.0. The zero-order chi connectivity index (χ0) is 14.8. The molecule has 118 valence electrons. The first-order valence-electron chi connectivity index (χ1n) is 9.33. The molecule has 0 aromatic heterocycles. The molecule has 4 aliphatic carbocycles. The molecule has 3 saturated carbocycles. The fraction of sp³-hybridized carbons (Fsp3) is 0.900. The number of hydrogen-bond acceptors (Lipinski definition) is 1. The van der Waals surface area contributed by atoms with Gasteiger partial charge in [0.2, 0.25) is 0 Å². The van der Waals surface area contributed by atoms with Crippen LogP contribution < -0.4 is 0 Å². The third kappa shape index (κ3) is 1.85. The Morgan fingerprint density at radius 2 is 1.86 bits per heavy atom. The molecule has 0 heterocycles. The fourth-order valence-corrected chi connectivity index (χ4v) is 6.82. The van der Waals surface area contributed by atoms with Gasteiger partial charge in [-0.15, -0.1) is 0 Å². The maximum atomic E-state index is 10.5. The molecular weight excluding hydrogens is 256 g/mol. The van der Waals surface area contributed by atoms with Crippen LogP contribution in [0.25, 0.3) is 0 Å². The Hall–Kier alpha value is -0.300. The largest absolute Gasteiger partial charge is 0.393 e. The molecule has 4 aliphatic rings. The lowest BCUT2D eigenvalue weighted by Gasteiger charge is -2.57. The second-order valence-corrected chi connectivity index (χ2v) is 9.24. The van der Waals surface area contributed by atoms with Gasteiger partial charge >= 0.3 is 0 Å². The monoisotopic (exact) mass is 288 g/mol. The summed E-state index contributed by atoms with van der Waals surface area (Å²) in [5, 5.41) is 10.5. The summed E-state index contributed by atoms with van der Waals surface area (Å²) >= 11 is 0. The van der Waals surface area contributed by atoms with Crippen LogP contribution in [0.3, 0.4) is 0 Å². The molecule has 0 radical (unpaired) electrons. The second-order valence-electron chi connectivity index (χ2n) is 9.24. The van der Waals surface area contributed by atoms with Crippen molar-refractivity contribution >= 4 is 0 Å². The minimum Gasteiger partial charge on any atom is -0.393 e. The van der Waals surface area contributed by atoms with Gasteiger partial charge in [-0.1, -0.05) is 32.4 Å². The van der Waals surface area contributed by atoms with E-state index in [9.17, 15) is 5.11 Å². The minimum atomic E-state index is -0.0342. The molecule has 1 nitrogen and oxygen atoms in total. The van der Waals surface area contributed by atoms with Gasteiger partial charge in [0.25, 0.3) is 0 Å². The number of fused-ring (bicyclic) bond motifs is 5. The summed E-state index contributed by atoms with van der Waals surface area (Å²) < 4.78 is 0. The Kier molecular flexibility index (Phi) is 3.13. The lowest BCUT2D eigenvalue weighted by molar-refractivity contribution is -0.0677. The van der Waals surface area contributed by atoms with Gasteiger partial charge in [-0.25, -0.2) is 0 Å². The van der Waals surface area contributed by atoms with Gasteiger partial charge in [-0.2, -0.15) is 0 Å². The lowest BCUT2D eigenvalue weighted by Crippen LogP contribution is -2.50. The zero-order valence-electron chi connectivity index (χ0n) is 14.1. The maximum absolute atomic E-state index is 10.5. The molecule has 1 N–H and O–H groups in total. The Morgan fingerprint density at radius 1 is 1.05 bits per heavy atom. The predicted molar refractivity (Wildman–Crippen MR) is 86.9 cm³/mol. The molecule has 1 heteroatoms. The second kappa shape index (κ2) is 4.60. The van der Waals surface area contributed by atoms with E-state index in [1.807, 2.05) is 0 Å². The van der Waals surface area contributed by atoms with Crippen molar-refractivity contribution in [3.05, 3.63) is 11.6 Å². The topological polar surface area (TPSA) is 20.2 Å². The van der Waals surface area contributed by atoms with Crippen LogP contribution in [-0.2, 0) is 0 Å². The fourth-order valence-electron chi connectivity index (χ4n) is 6.82. The van der Waals surface area contributed by atoms with E-state index in [-0.39, 0.29) is 11.5 Å². The highest BCUT2D eigenvalue weighted by Gasteiger charge is 2.58. The van der Waals surface area contributed by atoms with Crippen molar-refractivity contribution < 1.29 is 5.11 Å². The minimum absolute atomic E-state index is 0.0342. The zero-order valence-corrected chi connectivity index (χ0v) is 14.1. The summed E-state index contributed by atoms with van der Waals surface area (Å²) in [6.45, 7) is 7.39. The molecule has 3 fully saturated rings. The first kappa shape index (κ1) is 14.3. The Morgan fingerprint density at radius 3 is 2.67 bits per heavy atom. The van der Waals surface area contributed by atoms with Crippen LogP contribution in [0.2, 0.25) is 0 Å².